The number of halogens is 2. The Morgan fingerprint density at radius 3 is 3.06 bits per heavy atom. The molecular formula is C13H16BrFN2O. The standard InChI is InChI=1S/C13H16BrFN2O/c14-10-7-9(4-5-11(10)15)8-17-12-3-1-2-6-16-13(12)18/h4-5,7,12,17H,1-3,6,8H2,(H,16,18)/t12-/m1/s1. The third-order valence-corrected chi connectivity index (χ3v) is 3.68. The average Bonchev–Trinajstić information content (AvgIpc) is 2.56. The summed E-state index contributed by atoms with van der Waals surface area (Å²) < 4.78 is 13.5. The molecule has 1 amide bonds. The van der Waals surface area contributed by atoms with Crippen LogP contribution in [0.1, 0.15) is 24.8 Å². The molecule has 0 aliphatic carbocycles. The second-order valence-electron chi connectivity index (χ2n) is 4.47. The topological polar surface area (TPSA) is 41.1 Å². The number of hydrogen-bond donors (Lipinski definition) is 2. The summed E-state index contributed by atoms with van der Waals surface area (Å²) in [7, 11) is 0. The summed E-state index contributed by atoms with van der Waals surface area (Å²) in [4.78, 5) is 11.7. The van der Waals surface area contributed by atoms with Gasteiger partial charge in [0.15, 0.2) is 0 Å². The Morgan fingerprint density at radius 1 is 1.44 bits per heavy atom. The fourth-order valence-electron chi connectivity index (χ4n) is 2.02. The smallest absolute Gasteiger partial charge is 0.237 e. The Morgan fingerprint density at radius 2 is 2.28 bits per heavy atom. The highest BCUT2D eigenvalue weighted by Gasteiger charge is 2.19. The Bertz CT molecular complexity index is 439. The second-order valence-corrected chi connectivity index (χ2v) is 5.32. The van der Waals surface area contributed by atoms with Gasteiger partial charge in [-0.15, -0.1) is 0 Å². The van der Waals surface area contributed by atoms with E-state index in [1.54, 1.807) is 12.1 Å². The predicted molar refractivity (Wildman–Crippen MR) is 71.6 cm³/mol. The van der Waals surface area contributed by atoms with Gasteiger partial charge in [0.25, 0.3) is 0 Å². The molecular weight excluding hydrogens is 299 g/mol. The molecule has 2 N–H and O–H groups in total. The molecule has 1 aromatic carbocycles. The minimum atomic E-state index is -0.272. The molecule has 0 spiro atoms. The minimum absolute atomic E-state index is 0.0636. The third-order valence-electron chi connectivity index (χ3n) is 3.07. The van der Waals surface area contributed by atoms with E-state index in [4.69, 9.17) is 0 Å². The number of nitrogens with one attached hydrogen (secondary N) is 2. The maximum atomic E-state index is 13.1. The maximum absolute atomic E-state index is 13.1. The van der Waals surface area contributed by atoms with Gasteiger partial charge in [-0.05, 0) is 52.9 Å². The van der Waals surface area contributed by atoms with Gasteiger partial charge in [0.05, 0.1) is 10.5 Å². The maximum Gasteiger partial charge on any atom is 0.237 e. The molecule has 1 saturated heterocycles. The number of benzene rings is 1. The summed E-state index contributed by atoms with van der Waals surface area (Å²) in [5.41, 5.74) is 0.959. The van der Waals surface area contributed by atoms with Gasteiger partial charge in [0.1, 0.15) is 5.82 Å². The number of hydrogen-bond acceptors (Lipinski definition) is 2. The van der Waals surface area contributed by atoms with Crippen molar-refractivity contribution in [3.8, 4) is 0 Å². The summed E-state index contributed by atoms with van der Waals surface area (Å²) in [5.74, 6) is -0.209. The molecule has 1 aliphatic rings. The first-order chi connectivity index (χ1) is 8.66. The van der Waals surface area contributed by atoms with E-state index in [0.717, 1.165) is 31.4 Å². The molecule has 0 saturated carbocycles. The number of carbonyl (C=O) groups is 1. The summed E-state index contributed by atoms with van der Waals surface area (Å²) >= 11 is 3.15. The first kappa shape index (κ1) is 13.5. The van der Waals surface area contributed by atoms with E-state index in [1.807, 2.05) is 0 Å². The van der Waals surface area contributed by atoms with Crippen molar-refractivity contribution >= 4 is 21.8 Å². The quantitative estimate of drug-likeness (QED) is 0.899. The largest absolute Gasteiger partial charge is 0.355 e. The van der Waals surface area contributed by atoms with Gasteiger partial charge in [-0.1, -0.05) is 6.07 Å². The van der Waals surface area contributed by atoms with Crippen LogP contribution in [0, 0.1) is 5.82 Å². The van der Waals surface area contributed by atoms with Crippen molar-refractivity contribution in [1.82, 2.24) is 10.6 Å². The third kappa shape index (κ3) is 3.53. The van der Waals surface area contributed by atoms with Crippen molar-refractivity contribution in [3.63, 3.8) is 0 Å². The van der Waals surface area contributed by atoms with Crippen LogP contribution in [0.5, 0.6) is 0 Å². The van der Waals surface area contributed by atoms with E-state index in [0.29, 0.717) is 11.0 Å². The van der Waals surface area contributed by atoms with Gasteiger partial charge >= 0.3 is 0 Å². The highest BCUT2D eigenvalue weighted by Crippen LogP contribution is 2.17. The lowest BCUT2D eigenvalue weighted by Gasteiger charge is -2.15. The van der Waals surface area contributed by atoms with Crippen molar-refractivity contribution in [2.24, 2.45) is 0 Å². The molecule has 3 nitrogen and oxygen atoms in total. The first-order valence-electron chi connectivity index (χ1n) is 6.12. The van der Waals surface area contributed by atoms with Crippen LogP contribution >= 0.6 is 15.9 Å². The molecule has 1 fully saturated rings. The Balaban J connectivity index is 1.93. The van der Waals surface area contributed by atoms with Crippen molar-refractivity contribution in [3.05, 3.63) is 34.1 Å². The molecule has 0 radical (unpaired) electrons. The van der Waals surface area contributed by atoms with Gasteiger partial charge in [-0.3, -0.25) is 4.79 Å². The highest BCUT2D eigenvalue weighted by molar-refractivity contribution is 9.10. The molecule has 1 heterocycles. The Hall–Kier alpha value is -0.940. The number of carbonyl (C=O) groups excluding carboxylic acids is 1. The normalized spacial score (nSPS) is 20.3. The van der Waals surface area contributed by atoms with Gasteiger partial charge < -0.3 is 10.6 Å². The first-order valence-corrected chi connectivity index (χ1v) is 6.91. The molecule has 0 aromatic heterocycles. The van der Waals surface area contributed by atoms with E-state index in [2.05, 4.69) is 26.6 Å². The van der Waals surface area contributed by atoms with E-state index in [-0.39, 0.29) is 17.8 Å². The fraction of sp³-hybridized carbons (Fsp3) is 0.462. The van der Waals surface area contributed by atoms with E-state index in [9.17, 15) is 9.18 Å². The summed E-state index contributed by atoms with van der Waals surface area (Å²) in [6, 6.07) is 4.74. The van der Waals surface area contributed by atoms with Crippen LogP contribution in [-0.2, 0) is 11.3 Å². The van der Waals surface area contributed by atoms with Crippen molar-refractivity contribution in [1.29, 1.82) is 0 Å². The van der Waals surface area contributed by atoms with Crippen molar-refractivity contribution < 1.29 is 9.18 Å². The number of amides is 1. The zero-order valence-electron chi connectivity index (χ0n) is 10.0. The molecule has 1 aromatic rings. The van der Waals surface area contributed by atoms with Crippen molar-refractivity contribution in [2.75, 3.05) is 6.54 Å². The molecule has 2 rings (SSSR count). The van der Waals surface area contributed by atoms with Crippen LogP contribution in [0.15, 0.2) is 22.7 Å². The SMILES string of the molecule is O=C1NCCCC[C@H]1NCc1ccc(F)c(Br)c1. The lowest BCUT2D eigenvalue weighted by atomic mass is 10.1. The van der Waals surface area contributed by atoms with Crippen LogP contribution in [-0.4, -0.2) is 18.5 Å². The van der Waals surface area contributed by atoms with Gasteiger partial charge in [-0.25, -0.2) is 4.39 Å². The number of rotatable bonds is 3. The molecule has 1 atom stereocenters. The lowest BCUT2D eigenvalue weighted by Crippen LogP contribution is -2.42. The summed E-state index contributed by atoms with van der Waals surface area (Å²) in [6.07, 6.45) is 2.93. The van der Waals surface area contributed by atoms with Gasteiger partial charge in [-0.2, -0.15) is 0 Å². The van der Waals surface area contributed by atoms with Gasteiger partial charge in [0.2, 0.25) is 5.91 Å². The molecule has 0 bridgehead atoms. The van der Waals surface area contributed by atoms with Gasteiger partial charge in [0, 0.05) is 13.1 Å². The zero-order valence-corrected chi connectivity index (χ0v) is 11.6. The van der Waals surface area contributed by atoms with E-state index >= 15 is 0 Å². The monoisotopic (exact) mass is 314 g/mol. The zero-order chi connectivity index (χ0) is 13.0. The second kappa shape index (κ2) is 6.29. The molecule has 0 unspecified atom stereocenters. The molecule has 98 valence electrons. The highest BCUT2D eigenvalue weighted by atomic mass is 79.9. The van der Waals surface area contributed by atoms with Crippen LogP contribution in [0.25, 0.3) is 0 Å². The minimum Gasteiger partial charge on any atom is -0.355 e. The summed E-state index contributed by atoms with van der Waals surface area (Å²) in [5, 5.41) is 6.10. The Kier molecular flexibility index (Phi) is 4.72. The van der Waals surface area contributed by atoms with Crippen LogP contribution < -0.4 is 10.6 Å². The Labute approximate surface area is 114 Å². The van der Waals surface area contributed by atoms with Crippen molar-refractivity contribution in [2.45, 2.75) is 31.8 Å². The van der Waals surface area contributed by atoms with Crippen LogP contribution in [0.4, 0.5) is 4.39 Å². The predicted octanol–water partition coefficient (Wildman–Crippen LogP) is 2.35. The summed E-state index contributed by atoms with van der Waals surface area (Å²) in [6.45, 7) is 1.33. The van der Waals surface area contributed by atoms with Crippen LogP contribution in [0.2, 0.25) is 0 Å². The molecule has 5 heteroatoms. The fourth-order valence-corrected chi connectivity index (χ4v) is 2.45. The van der Waals surface area contributed by atoms with E-state index < -0.39 is 0 Å². The molecule has 18 heavy (non-hydrogen) atoms. The van der Waals surface area contributed by atoms with E-state index in [1.165, 1.54) is 6.07 Å². The van der Waals surface area contributed by atoms with Crippen LogP contribution in [0.3, 0.4) is 0 Å². The average molecular weight is 315 g/mol. The lowest BCUT2D eigenvalue weighted by molar-refractivity contribution is -0.122. The molecule has 1 aliphatic heterocycles.